The van der Waals surface area contributed by atoms with Crippen LogP contribution in [0.1, 0.15) is 16.7 Å². The third-order valence-electron chi connectivity index (χ3n) is 3.23. The second-order valence-corrected chi connectivity index (χ2v) is 4.84. The van der Waals surface area contributed by atoms with E-state index in [1.54, 1.807) is 6.07 Å². The van der Waals surface area contributed by atoms with Gasteiger partial charge in [0.2, 0.25) is 0 Å². The smallest absolute Gasteiger partial charge is 0.125 e. The quantitative estimate of drug-likeness (QED) is 0.821. The molecule has 0 aliphatic carbocycles. The van der Waals surface area contributed by atoms with Gasteiger partial charge in [-0.15, -0.1) is 0 Å². The highest BCUT2D eigenvalue weighted by atomic mass is 19.1. The van der Waals surface area contributed by atoms with Crippen molar-refractivity contribution in [2.75, 3.05) is 17.6 Å². The van der Waals surface area contributed by atoms with Crippen LogP contribution in [0.15, 0.2) is 36.4 Å². The van der Waals surface area contributed by atoms with Gasteiger partial charge in [-0.05, 0) is 49.6 Å². The fourth-order valence-corrected chi connectivity index (χ4v) is 2.10. The lowest BCUT2D eigenvalue weighted by Crippen LogP contribution is -2.08. The van der Waals surface area contributed by atoms with E-state index in [-0.39, 0.29) is 5.82 Å². The first-order chi connectivity index (χ1) is 9.06. The maximum absolute atomic E-state index is 12.9. The minimum absolute atomic E-state index is 0.308. The molecule has 2 aromatic rings. The maximum Gasteiger partial charge on any atom is 0.125 e. The topological polar surface area (TPSA) is 38.0 Å². The van der Waals surface area contributed by atoms with E-state index in [9.17, 15) is 4.39 Å². The number of hydrogen-bond donors (Lipinski definition) is 2. The fourth-order valence-electron chi connectivity index (χ4n) is 2.10. The van der Waals surface area contributed by atoms with Crippen LogP contribution in [0.25, 0.3) is 0 Å². The molecule has 0 aromatic heterocycles. The molecule has 0 amide bonds. The van der Waals surface area contributed by atoms with E-state index in [1.165, 1.54) is 28.8 Å². The Balaban J connectivity index is 1.98. The zero-order valence-corrected chi connectivity index (χ0v) is 11.3. The molecule has 0 heterocycles. The second kappa shape index (κ2) is 5.74. The molecule has 2 rings (SSSR count). The molecule has 0 unspecified atom stereocenters. The standard InChI is InChI=1S/C16H19FN2/c1-11-3-4-12(2)13(9-11)7-8-19-16-6-5-14(17)10-15(16)18/h3-6,9-10,19H,7-8,18H2,1-2H3. The van der Waals surface area contributed by atoms with Crippen LogP contribution in [0, 0.1) is 19.7 Å². The fraction of sp³-hybridized carbons (Fsp3) is 0.250. The molecule has 2 nitrogen and oxygen atoms in total. The molecule has 0 spiro atoms. The van der Waals surface area contributed by atoms with Crippen molar-refractivity contribution in [2.24, 2.45) is 0 Å². The van der Waals surface area contributed by atoms with Crippen molar-refractivity contribution in [1.29, 1.82) is 0 Å². The van der Waals surface area contributed by atoms with Crippen molar-refractivity contribution < 1.29 is 4.39 Å². The van der Waals surface area contributed by atoms with Crippen molar-refractivity contribution >= 4 is 11.4 Å². The van der Waals surface area contributed by atoms with Crippen LogP contribution >= 0.6 is 0 Å². The summed E-state index contributed by atoms with van der Waals surface area (Å²) in [5, 5.41) is 3.24. The molecule has 100 valence electrons. The lowest BCUT2D eigenvalue weighted by Gasteiger charge is -2.11. The summed E-state index contributed by atoms with van der Waals surface area (Å²) >= 11 is 0. The zero-order chi connectivity index (χ0) is 13.8. The first-order valence-corrected chi connectivity index (χ1v) is 6.41. The largest absolute Gasteiger partial charge is 0.397 e. The molecule has 0 aliphatic heterocycles. The van der Waals surface area contributed by atoms with Crippen molar-refractivity contribution in [3.63, 3.8) is 0 Å². The summed E-state index contributed by atoms with van der Waals surface area (Å²) < 4.78 is 12.9. The Hall–Kier alpha value is -2.03. The SMILES string of the molecule is Cc1ccc(C)c(CCNc2ccc(F)cc2N)c1. The van der Waals surface area contributed by atoms with Crippen LogP contribution in [-0.2, 0) is 6.42 Å². The minimum Gasteiger partial charge on any atom is -0.397 e. The molecule has 2 aromatic carbocycles. The molecule has 0 atom stereocenters. The number of halogens is 1. The Bertz CT molecular complexity index is 579. The Morgan fingerprint density at radius 3 is 2.63 bits per heavy atom. The van der Waals surface area contributed by atoms with E-state index >= 15 is 0 Å². The summed E-state index contributed by atoms with van der Waals surface area (Å²) in [5.74, 6) is -0.308. The average Bonchev–Trinajstić information content (AvgIpc) is 2.36. The lowest BCUT2D eigenvalue weighted by molar-refractivity contribution is 0.628. The van der Waals surface area contributed by atoms with E-state index < -0.39 is 0 Å². The number of rotatable bonds is 4. The van der Waals surface area contributed by atoms with Crippen LogP contribution in [0.5, 0.6) is 0 Å². The normalized spacial score (nSPS) is 10.5. The van der Waals surface area contributed by atoms with Crippen LogP contribution in [0.2, 0.25) is 0 Å². The number of nitrogens with one attached hydrogen (secondary N) is 1. The molecular formula is C16H19FN2. The summed E-state index contributed by atoms with van der Waals surface area (Å²) in [6, 6.07) is 10.9. The monoisotopic (exact) mass is 258 g/mol. The molecule has 19 heavy (non-hydrogen) atoms. The van der Waals surface area contributed by atoms with Gasteiger partial charge in [-0.1, -0.05) is 23.8 Å². The first-order valence-electron chi connectivity index (χ1n) is 6.41. The molecule has 3 heteroatoms. The minimum atomic E-state index is -0.308. The number of aryl methyl sites for hydroxylation is 2. The predicted octanol–water partition coefficient (Wildman–Crippen LogP) is 3.68. The Labute approximate surface area is 113 Å². The van der Waals surface area contributed by atoms with Crippen molar-refractivity contribution in [3.05, 3.63) is 58.9 Å². The average molecular weight is 258 g/mol. The number of anilines is 2. The molecule has 0 aliphatic rings. The molecule has 0 radical (unpaired) electrons. The second-order valence-electron chi connectivity index (χ2n) is 4.84. The molecule has 0 bridgehead atoms. The lowest BCUT2D eigenvalue weighted by atomic mass is 10.0. The maximum atomic E-state index is 12.9. The number of benzene rings is 2. The van der Waals surface area contributed by atoms with E-state index in [0.717, 1.165) is 18.7 Å². The van der Waals surface area contributed by atoms with E-state index in [4.69, 9.17) is 5.73 Å². The zero-order valence-electron chi connectivity index (χ0n) is 11.3. The molecule has 3 N–H and O–H groups in total. The summed E-state index contributed by atoms with van der Waals surface area (Å²) in [6.45, 7) is 4.98. The third-order valence-corrected chi connectivity index (χ3v) is 3.23. The number of nitrogens with two attached hydrogens (primary N) is 1. The predicted molar refractivity (Wildman–Crippen MR) is 78.9 cm³/mol. The molecular weight excluding hydrogens is 239 g/mol. The highest BCUT2D eigenvalue weighted by Gasteiger charge is 2.02. The van der Waals surface area contributed by atoms with Gasteiger partial charge in [0, 0.05) is 6.54 Å². The summed E-state index contributed by atoms with van der Waals surface area (Å²) in [6.07, 6.45) is 0.921. The number of hydrogen-bond acceptors (Lipinski definition) is 2. The van der Waals surface area contributed by atoms with Gasteiger partial charge >= 0.3 is 0 Å². The molecule has 0 saturated carbocycles. The van der Waals surface area contributed by atoms with Gasteiger partial charge in [0.05, 0.1) is 11.4 Å². The van der Waals surface area contributed by atoms with E-state index in [0.29, 0.717) is 5.69 Å². The third kappa shape index (κ3) is 3.47. The summed E-state index contributed by atoms with van der Waals surface area (Å²) in [7, 11) is 0. The van der Waals surface area contributed by atoms with Crippen LogP contribution in [0.3, 0.4) is 0 Å². The summed E-state index contributed by atoms with van der Waals surface area (Å²) in [4.78, 5) is 0. The Morgan fingerprint density at radius 2 is 1.89 bits per heavy atom. The Kier molecular flexibility index (Phi) is 4.05. The molecule has 0 saturated heterocycles. The summed E-state index contributed by atoms with van der Waals surface area (Å²) in [5.41, 5.74) is 10.9. The highest BCUT2D eigenvalue weighted by molar-refractivity contribution is 5.65. The van der Waals surface area contributed by atoms with Crippen molar-refractivity contribution in [3.8, 4) is 0 Å². The van der Waals surface area contributed by atoms with Gasteiger partial charge in [-0.2, -0.15) is 0 Å². The van der Waals surface area contributed by atoms with Crippen molar-refractivity contribution in [2.45, 2.75) is 20.3 Å². The van der Waals surface area contributed by atoms with E-state index in [1.807, 2.05) is 0 Å². The van der Waals surface area contributed by atoms with Crippen LogP contribution in [-0.4, -0.2) is 6.54 Å². The van der Waals surface area contributed by atoms with Gasteiger partial charge in [-0.3, -0.25) is 0 Å². The van der Waals surface area contributed by atoms with Crippen molar-refractivity contribution in [1.82, 2.24) is 0 Å². The first kappa shape index (κ1) is 13.4. The van der Waals surface area contributed by atoms with Gasteiger partial charge in [-0.25, -0.2) is 4.39 Å². The van der Waals surface area contributed by atoms with Crippen LogP contribution < -0.4 is 11.1 Å². The highest BCUT2D eigenvalue weighted by Crippen LogP contribution is 2.19. The number of nitrogen functional groups attached to an aromatic ring is 1. The van der Waals surface area contributed by atoms with Crippen LogP contribution in [0.4, 0.5) is 15.8 Å². The van der Waals surface area contributed by atoms with E-state index in [2.05, 4.69) is 37.4 Å². The van der Waals surface area contributed by atoms with Gasteiger partial charge in [0.15, 0.2) is 0 Å². The molecule has 0 fully saturated rings. The van der Waals surface area contributed by atoms with Gasteiger partial charge in [0.1, 0.15) is 5.82 Å². The van der Waals surface area contributed by atoms with Gasteiger partial charge in [0.25, 0.3) is 0 Å². The Morgan fingerprint density at radius 1 is 1.11 bits per heavy atom. The van der Waals surface area contributed by atoms with Gasteiger partial charge < -0.3 is 11.1 Å².